The standard InChI is InChI=1S/C28H29N5O4/c1-37-17-9-10-22-20(13-17)19-6-4-8-23(26(19)31-22)30-25(34)14-24-27(35)33(28(36)32-24)12-11-16-15-29-21-7-3-2-5-18(16)21/h2-3,5,7,9-10,13,15,23-24,29,31H,4,6,8,11-12,14H2,1H3,(H,30,34)(H,32,36)/t23?,24-/m0/s1. The Morgan fingerprint density at radius 1 is 1.14 bits per heavy atom. The van der Waals surface area contributed by atoms with Crippen LogP contribution in [0.25, 0.3) is 21.8 Å². The largest absolute Gasteiger partial charge is 0.497 e. The molecule has 3 heterocycles. The second-order valence-corrected chi connectivity index (χ2v) is 9.75. The molecule has 2 aromatic heterocycles. The van der Waals surface area contributed by atoms with E-state index in [1.54, 1.807) is 7.11 Å². The number of H-pyrrole nitrogens is 2. The maximum absolute atomic E-state index is 13.0. The molecule has 6 rings (SSSR count). The first-order chi connectivity index (χ1) is 18.0. The molecule has 1 unspecified atom stereocenters. The molecule has 1 aliphatic heterocycles. The minimum absolute atomic E-state index is 0.0892. The van der Waals surface area contributed by atoms with Gasteiger partial charge in [0.1, 0.15) is 11.8 Å². The van der Waals surface area contributed by atoms with E-state index >= 15 is 0 Å². The van der Waals surface area contributed by atoms with Gasteiger partial charge in [-0.15, -0.1) is 0 Å². The normalized spacial score (nSPS) is 19.3. The van der Waals surface area contributed by atoms with Crippen LogP contribution in [0.4, 0.5) is 4.79 Å². The van der Waals surface area contributed by atoms with E-state index in [-0.39, 0.29) is 30.8 Å². The van der Waals surface area contributed by atoms with Crippen LogP contribution in [0.3, 0.4) is 0 Å². The topological polar surface area (TPSA) is 119 Å². The minimum Gasteiger partial charge on any atom is -0.497 e. The molecule has 1 saturated heterocycles. The highest BCUT2D eigenvalue weighted by Crippen LogP contribution is 2.36. The Kier molecular flexibility index (Phi) is 5.82. The summed E-state index contributed by atoms with van der Waals surface area (Å²) in [6.45, 7) is 0.259. The number of nitrogens with zero attached hydrogens (tertiary/aromatic N) is 1. The van der Waals surface area contributed by atoms with Crippen LogP contribution in [-0.4, -0.2) is 52.4 Å². The molecule has 9 nitrogen and oxygen atoms in total. The van der Waals surface area contributed by atoms with Crippen molar-refractivity contribution < 1.29 is 19.1 Å². The van der Waals surface area contributed by atoms with Gasteiger partial charge in [-0.3, -0.25) is 14.5 Å². The lowest BCUT2D eigenvalue weighted by Crippen LogP contribution is -2.38. The van der Waals surface area contributed by atoms with E-state index in [0.29, 0.717) is 6.42 Å². The lowest BCUT2D eigenvalue weighted by atomic mass is 9.91. The van der Waals surface area contributed by atoms with Gasteiger partial charge in [0.15, 0.2) is 0 Å². The van der Waals surface area contributed by atoms with Gasteiger partial charge < -0.3 is 25.3 Å². The molecule has 0 radical (unpaired) electrons. The number of aromatic nitrogens is 2. The quantitative estimate of drug-likeness (QED) is 0.290. The van der Waals surface area contributed by atoms with Gasteiger partial charge in [-0.2, -0.15) is 0 Å². The molecule has 2 aliphatic rings. The van der Waals surface area contributed by atoms with Crippen LogP contribution in [0.15, 0.2) is 48.7 Å². The Morgan fingerprint density at radius 2 is 2.00 bits per heavy atom. The molecule has 37 heavy (non-hydrogen) atoms. The molecule has 4 aromatic rings. The Balaban J connectivity index is 1.10. The van der Waals surface area contributed by atoms with Crippen LogP contribution in [-0.2, 0) is 22.4 Å². The number of rotatable bonds is 7. The summed E-state index contributed by atoms with van der Waals surface area (Å²) in [4.78, 5) is 46.4. The third kappa shape index (κ3) is 4.20. The second kappa shape index (κ2) is 9.31. The molecule has 9 heteroatoms. The third-order valence-electron chi connectivity index (χ3n) is 7.53. The smallest absolute Gasteiger partial charge is 0.324 e. The number of methoxy groups -OCH3 is 1. The van der Waals surface area contributed by atoms with Crippen molar-refractivity contribution in [3.63, 3.8) is 0 Å². The van der Waals surface area contributed by atoms with Gasteiger partial charge >= 0.3 is 6.03 Å². The van der Waals surface area contributed by atoms with Crippen LogP contribution < -0.4 is 15.4 Å². The fourth-order valence-corrected chi connectivity index (χ4v) is 5.65. The lowest BCUT2D eigenvalue weighted by molar-refractivity contribution is -0.131. The highest BCUT2D eigenvalue weighted by atomic mass is 16.5. The average molecular weight is 500 g/mol. The first kappa shape index (κ1) is 23.1. The summed E-state index contributed by atoms with van der Waals surface area (Å²) in [6.07, 6.45) is 5.05. The Bertz CT molecular complexity index is 1520. The van der Waals surface area contributed by atoms with Crippen LogP contribution in [0, 0.1) is 0 Å². The molecule has 190 valence electrons. The van der Waals surface area contributed by atoms with Gasteiger partial charge in [-0.05, 0) is 61.1 Å². The first-order valence-electron chi connectivity index (χ1n) is 12.7. The van der Waals surface area contributed by atoms with Gasteiger partial charge in [-0.1, -0.05) is 18.2 Å². The number of para-hydroxylation sites is 1. The van der Waals surface area contributed by atoms with E-state index < -0.39 is 12.1 Å². The van der Waals surface area contributed by atoms with E-state index in [1.165, 1.54) is 10.5 Å². The average Bonchev–Trinajstić information content (AvgIpc) is 3.57. The number of ether oxygens (including phenoxy) is 1. The monoisotopic (exact) mass is 499 g/mol. The molecule has 0 spiro atoms. The molecule has 0 saturated carbocycles. The summed E-state index contributed by atoms with van der Waals surface area (Å²) in [6, 6.07) is 12.4. The molecule has 2 aromatic carbocycles. The zero-order valence-corrected chi connectivity index (χ0v) is 20.6. The van der Waals surface area contributed by atoms with Crippen LogP contribution in [0.5, 0.6) is 5.75 Å². The van der Waals surface area contributed by atoms with Crippen molar-refractivity contribution in [2.75, 3.05) is 13.7 Å². The minimum atomic E-state index is -0.856. The maximum Gasteiger partial charge on any atom is 0.324 e. The summed E-state index contributed by atoms with van der Waals surface area (Å²) >= 11 is 0. The Labute approximate surface area is 213 Å². The van der Waals surface area contributed by atoms with Crippen molar-refractivity contribution >= 4 is 39.7 Å². The lowest BCUT2D eigenvalue weighted by Gasteiger charge is -2.24. The molecule has 1 fully saturated rings. The molecule has 2 atom stereocenters. The van der Waals surface area contributed by atoms with Crippen molar-refractivity contribution in [2.45, 2.75) is 44.2 Å². The number of amides is 4. The van der Waals surface area contributed by atoms with Crippen molar-refractivity contribution in [3.05, 3.63) is 65.5 Å². The Hall–Kier alpha value is -4.27. The van der Waals surface area contributed by atoms with Crippen LogP contribution in [0.1, 0.15) is 42.1 Å². The summed E-state index contributed by atoms with van der Waals surface area (Å²) in [5.74, 6) is 0.179. The van der Waals surface area contributed by atoms with E-state index in [4.69, 9.17) is 4.74 Å². The van der Waals surface area contributed by atoms with Crippen molar-refractivity contribution in [1.82, 2.24) is 25.5 Å². The van der Waals surface area contributed by atoms with Crippen LogP contribution in [0.2, 0.25) is 0 Å². The number of fused-ring (bicyclic) bond motifs is 4. The number of benzene rings is 2. The van der Waals surface area contributed by atoms with Gasteiger partial charge in [0.2, 0.25) is 5.91 Å². The zero-order chi connectivity index (χ0) is 25.5. The van der Waals surface area contributed by atoms with E-state index in [0.717, 1.165) is 58.1 Å². The van der Waals surface area contributed by atoms with Gasteiger partial charge in [0.25, 0.3) is 5.91 Å². The summed E-state index contributed by atoms with van der Waals surface area (Å²) < 4.78 is 5.38. The molecular formula is C28H29N5O4. The van der Waals surface area contributed by atoms with Gasteiger partial charge in [0, 0.05) is 40.2 Å². The third-order valence-corrected chi connectivity index (χ3v) is 7.53. The fourth-order valence-electron chi connectivity index (χ4n) is 5.65. The van der Waals surface area contributed by atoms with Crippen molar-refractivity contribution in [3.8, 4) is 5.75 Å². The second-order valence-electron chi connectivity index (χ2n) is 9.75. The Morgan fingerprint density at radius 3 is 2.86 bits per heavy atom. The number of aromatic amines is 2. The summed E-state index contributed by atoms with van der Waals surface area (Å²) in [5, 5.41) is 7.96. The predicted molar refractivity (Wildman–Crippen MR) is 139 cm³/mol. The molecule has 4 N–H and O–H groups in total. The molecule has 0 bridgehead atoms. The first-order valence-corrected chi connectivity index (χ1v) is 12.7. The number of urea groups is 1. The van der Waals surface area contributed by atoms with E-state index in [9.17, 15) is 14.4 Å². The molecular weight excluding hydrogens is 470 g/mol. The predicted octanol–water partition coefficient (Wildman–Crippen LogP) is 3.70. The van der Waals surface area contributed by atoms with Crippen molar-refractivity contribution in [2.24, 2.45) is 0 Å². The molecule has 4 amide bonds. The highest BCUT2D eigenvalue weighted by molar-refractivity contribution is 6.06. The van der Waals surface area contributed by atoms with Gasteiger partial charge in [0.05, 0.1) is 19.6 Å². The summed E-state index contributed by atoms with van der Waals surface area (Å²) in [5.41, 5.74) is 5.27. The van der Waals surface area contributed by atoms with E-state index in [2.05, 4.69) is 20.6 Å². The number of carbonyl (C=O) groups is 3. The summed E-state index contributed by atoms with van der Waals surface area (Å²) in [7, 11) is 1.65. The number of imide groups is 1. The fraction of sp³-hybridized carbons (Fsp3) is 0.321. The number of aryl methyl sites for hydroxylation is 1. The maximum atomic E-state index is 13.0. The molecule has 1 aliphatic carbocycles. The highest BCUT2D eigenvalue weighted by Gasteiger charge is 2.39. The number of carbonyl (C=O) groups excluding carboxylic acids is 3. The van der Waals surface area contributed by atoms with E-state index in [1.807, 2.05) is 48.7 Å². The zero-order valence-electron chi connectivity index (χ0n) is 20.6. The van der Waals surface area contributed by atoms with Crippen LogP contribution >= 0.6 is 0 Å². The number of hydrogen-bond donors (Lipinski definition) is 4. The number of hydrogen-bond acceptors (Lipinski definition) is 4. The number of nitrogens with one attached hydrogen (secondary N) is 4. The van der Waals surface area contributed by atoms with Gasteiger partial charge in [-0.25, -0.2) is 4.79 Å². The van der Waals surface area contributed by atoms with Crippen molar-refractivity contribution in [1.29, 1.82) is 0 Å². The SMILES string of the molecule is COc1ccc2[nH]c3c(c2c1)CCCC3NC(=O)C[C@@H]1NC(=O)N(CCc2c[nH]c3ccccc23)C1=O.